The molecule has 0 bridgehead atoms. The van der Waals surface area contributed by atoms with Gasteiger partial charge in [0.25, 0.3) is 0 Å². The molecule has 2 aromatic carbocycles. The summed E-state index contributed by atoms with van der Waals surface area (Å²) in [6, 6.07) is 12.8. The van der Waals surface area contributed by atoms with Crippen LogP contribution < -0.4 is 24.0 Å². The minimum atomic E-state index is 0.671. The van der Waals surface area contributed by atoms with E-state index in [-0.39, 0.29) is 0 Å². The van der Waals surface area contributed by atoms with Crippen molar-refractivity contribution < 1.29 is 19.1 Å². The van der Waals surface area contributed by atoms with Gasteiger partial charge in [0.1, 0.15) is 6.54 Å². The van der Waals surface area contributed by atoms with E-state index in [1.54, 1.807) is 26.2 Å². The van der Waals surface area contributed by atoms with E-state index < -0.39 is 0 Å². The maximum Gasteiger partial charge on any atom is 0.203 e. The Hall–Kier alpha value is -2.40. The number of quaternary nitrogens is 1. The molecule has 1 N–H and O–H groups in total. The van der Waals surface area contributed by atoms with Gasteiger partial charge in [-0.15, -0.1) is 0 Å². The monoisotopic (exact) mass is 357 g/mol. The van der Waals surface area contributed by atoms with Crippen LogP contribution in [0.2, 0.25) is 0 Å². The van der Waals surface area contributed by atoms with Crippen molar-refractivity contribution >= 4 is 5.69 Å². The highest BCUT2D eigenvalue weighted by Gasteiger charge is 2.23. The number of anilines is 1. The summed E-state index contributed by atoms with van der Waals surface area (Å²) in [4.78, 5) is 4.02. The van der Waals surface area contributed by atoms with E-state index in [1.165, 1.54) is 11.3 Å². The van der Waals surface area contributed by atoms with Crippen molar-refractivity contribution in [3.63, 3.8) is 0 Å². The lowest BCUT2D eigenvalue weighted by Crippen LogP contribution is -3.13. The number of methoxy groups -OCH3 is 3. The van der Waals surface area contributed by atoms with E-state index in [4.69, 9.17) is 14.2 Å². The molecule has 0 aromatic heterocycles. The predicted molar refractivity (Wildman–Crippen MR) is 104 cm³/mol. The molecule has 5 heteroatoms. The van der Waals surface area contributed by atoms with Crippen LogP contribution in [0.3, 0.4) is 0 Å². The lowest BCUT2D eigenvalue weighted by molar-refractivity contribution is -0.914. The Labute approximate surface area is 156 Å². The van der Waals surface area contributed by atoms with Gasteiger partial charge >= 0.3 is 0 Å². The molecule has 2 aromatic rings. The Morgan fingerprint density at radius 3 is 2.08 bits per heavy atom. The van der Waals surface area contributed by atoms with Crippen molar-refractivity contribution in [1.82, 2.24) is 0 Å². The van der Waals surface area contributed by atoms with E-state index in [0.29, 0.717) is 11.5 Å². The topological polar surface area (TPSA) is 35.4 Å². The Bertz CT molecular complexity index is 723. The molecular formula is C21H29N2O3+. The second-order valence-corrected chi connectivity index (χ2v) is 6.74. The fourth-order valence-electron chi connectivity index (χ4n) is 3.59. The lowest BCUT2D eigenvalue weighted by atomic mass is 10.1. The molecule has 1 aliphatic heterocycles. The van der Waals surface area contributed by atoms with Gasteiger partial charge in [-0.3, -0.25) is 0 Å². The third-order valence-electron chi connectivity index (χ3n) is 5.10. The molecule has 1 saturated heterocycles. The summed E-state index contributed by atoms with van der Waals surface area (Å²) in [6.45, 7) is 7.38. The molecule has 1 heterocycles. The van der Waals surface area contributed by atoms with Gasteiger partial charge in [0, 0.05) is 5.69 Å². The van der Waals surface area contributed by atoms with Gasteiger partial charge in [-0.25, -0.2) is 0 Å². The van der Waals surface area contributed by atoms with Crippen molar-refractivity contribution in [2.24, 2.45) is 0 Å². The molecule has 0 spiro atoms. The van der Waals surface area contributed by atoms with E-state index in [9.17, 15) is 0 Å². The number of nitrogens with one attached hydrogen (secondary N) is 1. The third-order valence-corrected chi connectivity index (χ3v) is 5.10. The van der Waals surface area contributed by atoms with Crippen molar-refractivity contribution in [3.05, 3.63) is 47.5 Å². The van der Waals surface area contributed by atoms with Crippen LogP contribution in [0.25, 0.3) is 0 Å². The molecule has 5 nitrogen and oxygen atoms in total. The predicted octanol–water partition coefficient (Wildman–Crippen LogP) is 1.93. The molecular weight excluding hydrogens is 328 g/mol. The minimum absolute atomic E-state index is 0.671. The van der Waals surface area contributed by atoms with Crippen molar-refractivity contribution in [2.75, 3.05) is 52.4 Å². The third kappa shape index (κ3) is 3.88. The highest BCUT2D eigenvalue weighted by atomic mass is 16.5. The highest BCUT2D eigenvalue weighted by Crippen LogP contribution is 2.39. The number of hydrogen-bond acceptors (Lipinski definition) is 4. The molecule has 1 aliphatic rings. The van der Waals surface area contributed by atoms with Crippen LogP contribution >= 0.6 is 0 Å². The molecule has 0 aliphatic carbocycles. The van der Waals surface area contributed by atoms with E-state index in [0.717, 1.165) is 44.0 Å². The van der Waals surface area contributed by atoms with Crippen LogP contribution in [0.15, 0.2) is 36.4 Å². The molecule has 0 saturated carbocycles. The van der Waals surface area contributed by atoms with Crippen molar-refractivity contribution in [2.45, 2.75) is 13.5 Å². The Balaban J connectivity index is 1.67. The fraction of sp³-hybridized carbons (Fsp3) is 0.429. The maximum atomic E-state index is 5.62. The summed E-state index contributed by atoms with van der Waals surface area (Å²) in [5, 5.41) is 0. The largest absolute Gasteiger partial charge is 0.493 e. The summed E-state index contributed by atoms with van der Waals surface area (Å²) >= 11 is 0. The SMILES string of the molecule is COc1ccc(C[NH+]2CCN(c3ccc(C)cc3)CC2)c(OC)c1OC. The zero-order valence-corrected chi connectivity index (χ0v) is 16.2. The standard InChI is InChI=1S/C21H28N2O3/c1-16-5-8-18(9-6-16)23-13-11-22(12-14-23)15-17-7-10-19(24-2)21(26-4)20(17)25-3/h5-10H,11-15H2,1-4H3/p+1. The van der Waals surface area contributed by atoms with Crippen LogP contribution in [0.1, 0.15) is 11.1 Å². The second kappa shape index (κ2) is 8.32. The summed E-state index contributed by atoms with van der Waals surface area (Å²) in [6.07, 6.45) is 0. The fourth-order valence-corrected chi connectivity index (χ4v) is 3.59. The second-order valence-electron chi connectivity index (χ2n) is 6.74. The Morgan fingerprint density at radius 2 is 1.50 bits per heavy atom. The van der Waals surface area contributed by atoms with Gasteiger partial charge in [0.05, 0.1) is 53.1 Å². The minimum Gasteiger partial charge on any atom is -0.493 e. The number of aryl methyl sites for hydroxylation is 1. The smallest absolute Gasteiger partial charge is 0.203 e. The Kier molecular flexibility index (Phi) is 5.89. The van der Waals surface area contributed by atoms with E-state index in [2.05, 4.69) is 42.2 Å². The molecule has 0 unspecified atom stereocenters. The number of piperazine rings is 1. The van der Waals surface area contributed by atoms with Crippen LogP contribution in [-0.2, 0) is 6.54 Å². The van der Waals surface area contributed by atoms with E-state index in [1.807, 2.05) is 6.07 Å². The molecule has 0 radical (unpaired) electrons. The number of nitrogens with zero attached hydrogens (tertiary/aromatic N) is 1. The van der Waals surface area contributed by atoms with Gasteiger partial charge < -0.3 is 24.0 Å². The quantitative estimate of drug-likeness (QED) is 0.857. The molecule has 0 amide bonds. The summed E-state index contributed by atoms with van der Waals surface area (Å²) in [5.41, 5.74) is 3.78. The number of ether oxygens (including phenoxy) is 3. The highest BCUT2D eigenvalue weighted by molar-refractivity contribution is 5.55. The van der Waals surface area contributed by atoms with Gasteiger partial charge in [-0.2, -0.15) is 0 Å². The van der Waals surface area contributed by atoms with Crippen molar-refractivity contribution in [3.8, 4) is 17.2 Å². The summed E-state index contributed by atoms with van der Waals surface area (Å²) in [7, 11) is 4.98. The summed E-state index contributed by atoms with van der Waals surface area (Å²) < 4.78 is 16.5. The molecule has 26 heavy (non-hydrogen) atoms. The molecule has 1 fully saturated rings. The first-order chi connectivity index (χ1) is 12.7. The average Bonchev–Trinajstić information content (AvgIpc) is 2.68. The van der Waals surface area contributed by atoms with Crippen LogP contribution in [0.5, 0.6) is 17.2 Å². The number of benzene rings is 2. The van der Waals surface area contributed by atoms with Crippen LogP contribution in [0, 0.1) is 6.92 Å². The normalized spacial score (nSPS) is 15.0. The van der Waals surface area contributed by atoms with Crippen LogP contribution in [0.4, 0.5) is 5.69 Å². The summed E-state index contributed by atoms with van der Waals surface area (Å²) in [5.74, 6) is 2.15. The van der Waals surface area contributed by atoms with Crippen molar-refractivity contribution in [1.29, 1.82) is 0 Å². The lowest BCUT2D eigenvalue weighted by Gasteiger charge is -2.34. The molecule has 0 atom stereocenters. The zero-order valence-electron chi connectivity index (χ0n) is 16.2. The van der Waals surface area contributed by atoms with Gasteiger partial charge in [0.15, 0.2) is 11.5 Å². The zero-order chi connectivity index (χ0) is 18.5. The number of rotatable bonds is 6. The first-order valence-corrected chi connectivity index (χ1v) is 9.09. The Morgan fingerprint density at radius 1 is 0.846 bits per heavy atom. The first kappa shape index (κ1) is 18.4. The van der Waals surface area contributed by atoms with Gasteiger partial charge in [-0.05, 0) is 31.2 Å². The molecule has 140 valence electrons. The molecule has 3 rings (SSSR count). The van der Waals surface area contributed by atoms with Gasteiger partial charge in [-0.1, -0.05) is 17.7 Å². The van der Waals surface area contributed by atoms with Crippen LogP contribution in [-0.4, -0.2) is 47.5 Å². The maximum absolute atomic E-state index is 5.62. The average molecular weight is 357 g/mol. The first-order valence-electron chi connectivity index (χ1n) is 9.09. The number of hydrogen-bond donors (Lipinski definition) is 1. The van der Waals surface area contributed by atoms with Gasteiger partial charge in [0.2, 0.25) is 5.75 Å². The van der Waals surface area contributed by atoms with E-state index >= 15 is 0 Å².